The van der Waals surface area contributed by atoms with Crippen molar-refractivity contribution in [3.63, 3.8) is 0 Å². The molecule has 0 spiro atoms. The maximum atomic E-state index is 12.9. The molecule has 0 aliphatic carbocycles. The van der Waals surface area contributed by atoms with Gasteiger partial charge >= 0.3 is 0 Å². The molecule has 0 bridgehead atoms. The molecule has 1 heterocycles. The third-order valence-electron chi connectivity index (χ3n) is 1.95. The number of aliphatic hydroxyl groups is 5. The summed E-state index contributed by atoms with van der Waals surface area (Å²) in [5.41, 5.74) is 0. The first-order chi connectivity index (χ1) is 5.91. The van der Waals surface area contributed by atoms with E-state index in [2.05, 4.69) is 4.74 Å². The van der Waals surface area contributed by atoms with E-state index >= 15 is 0 Å². The number of ether oxygens (including phenoxy) is 1. The lowest BCUT2D eigenvalue weighted by Gasteiger charge is -2.40. The molecule has 1 aliphatic rings. The van der Waals surface area contributed by atoms with Crippen LogP contribution in [0.2, 0.25) is 0 Å². The Morgan fingerprint density at radius 1 is 1.31 bits per heavy atom. The van der Waals surface area contributed by atoms with Gasteiger partial charge in [0.05, 0.1) is 6.61 Å². The van der Waals surface area contributed by atoms with Crippen LogP contribution in [0.25, 0.3) is 0 Å². The van der Waals surface area contributed by atoms with E-state index in [4.69, 9.17) is 25.5 Å². The van der Waals surface area contributed by atoms with Crippen LogP contribution >= 0.6 is 0 Å². The van der Waals surface area contributed by atoms with Crippen molar-refractivity contribution in [2.24, 2.45) is 0 Å². The van der Waals surface area contributed by atoms with Crippen molar-refractivity contribution < 1.29 is 34.7 Å². The Hall–Kier alpha value is -0.310. The molecular formula is C6H11FO6. The molecule has 78 valence electrons. The van der Waals surface area contributed by atoms with Crippen molar-refractivity contribution in [2.75, 3.05) is 6.61 Å². The van der Waals surface area contributed by atoms with Gasteiger partial charge in [0.15, 0.2) is 0 Å². The normalized spacial score (nSPS) is 52.2. The van der Waals surface area contributed by atoms with Crippen LogP contribution < -0.4 is 0 Å². The molecule has 5 atom stereocenters. The van der Waals surface area contributed by atoms with Crippen molar-refractivity contribution >= 4 is 0 Å². The van der Waals surface area contributed by atoms with Gasteiger partial charge in [0.25, 0.3) is 5.85 Å². The minimum Gasteiger partial charge on any atom is -0.394 e. The summed E-state index contributed by atoms with van der Waals surface area (Å²) in [5.74, 6) is -3.43. The van der Waals surface area contributed by atoms with E-state index in [1.165, 1.54) is 0 Å². The lowest BCUT2D eigenvalue weighted by atomic mass is 9.97. The second-order valence-electron chi connectivity index (χ2n) is 2.87. The van der Waals surface area contributed by atoms with Gasteiger partial charge in [-0.15, -0.1) is 0 Å². The predicted octanol–water partition coefficient (Wildman–Crippen LogP) is -2.92. The highest BCUT2D eigenvalue weighted by Gasteiger charge is 2.55. The van der Waals surface area contributed by atoms with Crippen LogP contribution in [0.5, 0.6) is 0 Å². The summed E-state index contributed by atoms with van der Waals surface area (Å²) in [6.07, 6.45) is -7.61. The van der Waals surface area contributed by atoms with Crippen molar-refractivity contribution in [1.29, 1.82) is 0 Å². The largest absolute Gasteiger partial charge is 0.394 e. The summed E-state index contributed by atoms with van der Waals surface area (Å²) >= 11 is 0. The highest BCUT2D eigenvalue weighted by molar-refractivity contribution is 4.93. The molecule has 1 saturated heterocycles. The van der Waals surface area contributed by atoms with E-state index in [0.717, 1.165) is 0 Å². The summed E-state index contributed by atoms with van der Waals surface area (Å²) in [6, 6.07) is 0. The van der Waals surface area contributed by atoms with Gasteiger partial charge in [-0.05, 0) is 0 Å². The number of rotatable bonds is 1. The zero-order chi connectivity index (χ0) is 10.2. The van der Waals surface area contributed by atoms with Gasteiger partial charge in [-0.1, -0.05) is 0 Å². The molecule has 1 fully saturated rings. The predicted molar refractivity (Wildman–Crippen MR) is 36.0 cm³/mol. The molecule has 0 amide bonds. The number of halogens is 1. The Labute approximate surface area is 72.8 Å². The maximum absolute atomic E-state index is 12.9. The van der Waals surface area contributed by atoms with Gasteiger partial charge in [0.1, 0.15) is 18.3 Å². The fourth-order valence-corrected chi connectivity index (χ4v) is 1.08. The van der Waals surface area contributed by atoms with Crippen molar-refractivity contribution in [3.8, 4) is 0 Å². The zero-order valence-corrected chi connectivity index (χ0v) is 6.54. The van der Waals surface area contributed by atoms with Crippen LogP contribution in [0.1, 0.15) is 0 Å². The summed E-state index contributed by atoms with van der Waals surface area (Å²) in [5, 5.41) is 44.1. The van der Waals surface area contributed by atoms with E-state index in [9.17, 15) is 4.39 Å². The summed E-state index contributed by atoms with van der Waals surface area (Å²) in [4.78, 5) is 0. The zero-order valence-electron chi connectivity index (χ0n) is 6.54. The molecule has 13 heavy (non-hydrogen) atoms. The first-order valence-corrected chi connectivity index (χ1v) is 3.63. The standard InChI is InChI=1S/C6H11FO6/c7-6(12)4(10)3(9)2(1-8)13-5(6)11/h2-5,8-12H,1H2/t2-,3+,4+,5-,6-/m1/s1. The second-order valence-corrected chi connectivity index (χ2v) is 2.87. The van der Waals surface area contributed by atoms with Gasteiger partial charge in [0.2, 0.25) is 6.29 Å². The van der Waals surface area contributed by atoms with Gasteiger partial charge in [0, 0.05) is 0 Å². The molecule has 0 unspecified atom stereocenters. The molecule has 6 nitrogen and oxygen atoms in total. The summed E-state index contributed by atoms with van der Waals surface area (Å²) < 4.78 is 17.2. The highest BCUT2D eigenvalue weighted by atomic mass is 19.2. The quantitative estimate of drug-likeness (QED) is 0.308. The number of hydrogen-bond donors (Lipinski definition) is 5. The van der Waals surface area contributed by atoms with Crippen LogP contribution in [0.15, 0.2) is 0 Å². The molecule has 0 radical (unpaired) electrons. The van der Waals surface area contributed by atoms with Gasteiger partial charge < -0.3 is 30.3 Å². The molecule has 0 aromatic rings. The molecule has 0 saturated carbocycles. The minimum absolute atomic E-state index is 0.703. The van der Waals surface area contributed by atoms with Crippen molar-refractivity contribution in [1.82, 2.24) is 0 Å². The Morgan fingerprint density at radius 2 is 1.85 bits per heavy atom. The maximum Gasteiger partial charge on any atom is 0.286 e. The summed E-state index contributed by atoms with van der Waals surface area (Å²) in [6.45, 7) is -0.703. The third kappa shape index (κ3) is 1.66. The van der Waals surface area contributed by atoms with Crippen molar-refractivity contribution in [2.45, 2.75) is 30.5 Å². The van der Waals surface area contributed by atoms with Crippen LogP contribution in [-0.2, 0) is 4.74 Å². The smallest absolute Gasteiger partial charge is 0.286 e. The Balaban J connectivity index is 2.79. The van der Waals surface area contributed by atoms with E-state index in [1.54, 1.807) is 0 Å². The molecule has 5 N–H and O–H groups in total. The van der Waals surface area contributed by atoms with E-state index in [1.807, 2.05) is 0 Å². The summed E-state index contributed by atoms with van der Waals surface area (Å²) in [7, 11) is 0. The molecule has 0 aromatic carbocycles. The monoisotopic (exact) mass is 198 g/mol. The van der Waals surface area contributed by atoms with Crippen LogP contribution in [0, 0.1) is 0 Å². The highest BCUT2D eigenvalue weighted by Crippen LogP contribution is 2.29. The Morgan fingerprint density at radius 3 is 2.31 bits per heavy atom. The van der Waals surface area contributed by atoms with E-state index in [-0.39, 0.29) is 0 Å². The number of alkyl halides is 1. The third-order valence-corrected chi connectivity index (χ3v) is 1.95. The fraction of sp³-hybridized carbons (Fsp3) is 1.00. The number of hydrogen-bond acceptors (Lipinski definition) is 6. The lowest BCUT2D eigenvalue weighted by molar-refractivity contribution is -0.370. The molecular weight excluding hydrogens is 187 g/mol. The van der Waals surface area contributed by atoms with Crippen LogP contribution in [-0.4, -0.2) is 62.6 Å². The lowest BCUT2D eigenvalue weighted by Crippen LogP contribution is -2.64. The van der Waals surface area contributed by atoms with Crippen LogP contribution in [0.3, 0.4) is 0 Å². The molecule has 1 rings (SSSR count). The second kappa shape index (κ2) is 3.45. The SMILES string of the molecule is OC[C@H]1O[C@@H](O)[C@@](O)(F)[C@@H](O)[C@H]1O. The van der Waals surface area contributed by atoms with Gasteiger partial charge in [-0.25, -0.2) is 4.39 Å². The first-order valence-electron chi connectivity index (χ1n) is 3.63. The Kier molecular flexibility index (Phi) is 2.85. The molecule has 7 heteroatoms. The topological polar surface area (TPSA) is 110 Å². The number of aliphatic hydroxyl groups excluding tert-OH is 4. The van der Waals surface area contributed by atoms with Gasteiger partial charge in [-0.2, -0.15) is 0 Å². The van der Waals surface area contributed by atoms with Gasteiger partial charge in [-0.3, -0.25) is 0 Å². The van der Waals surface area contributed by atoms with Crippen molar-refractivity contribution in [3.05, 3.63) is 0 Å². The van der Waals surface area contributed by atoms with E-state index < -0.39 is 37.1 Å². The average molecular weight is 198 g/mol. The fourth-order valence-electron chi connectivity index (χ4n) is 1.08. The van der Waals surface area contributed by atoms with Crippen LogP contribution in [0.4, 0.5) is 4.39 Å². The molecule has 0 aromatic heterocycles. The average Bonchev–Trinajstić information content (AvgIpc) is 2.09. The molecule has 1 aliphatic heterocycles. The minimum atomic E-state index is -3.43. The Bertz CT molecular complexity index is 186. The van der Waals surface area contributed by atoms with E-state index in [0.29, 0.717) is 0 Å². The first kappa shape index (κ1) is 10.8.